The Labute approximate surface area is 182 Å². The molecular formula is C20H28Cl2F2N4O. The molecule has 0 unspecified atom stereocenters. The lowest BCUT2D eigenvalue weighted by atomic mass is 10.0. The Bertz CT molecular complexity index is 897. The van der Waals surface area contributed by atoms with Gasteiger partial charge in [-0.25, -0.2) is 13.5 Å². The maximum absolute atomic E-state index is 13.8. The van der Waals surface area contributed by atoms with Gasteiger partial charge in [-0.1, -0.05) is 13.8 Å². The van der Waals surface area contributed by atoms with E-state index in [4.69, 9.17) is 0 Å². The molecule has 0 radical (unpaired) electrons. The molecule has 0 saturated carbocycles. The van der Waals surface area contributed by atoms with E-state index in [0.717, 1.165) is 38.3 Å². The Kier molecular flexibility index (Phi) is 9.06. The van der Waals surface area contributed by atoms with Crippen LogP contribution < -0.4 is 10.5 Å². The Morgan fingerprint density at radius 3 is 2.24 bits per heavy atom. The van der Waals surface area contributed by atoms with Crippen molar-refractivity contribution in [3.8, 4) is 11.3 Å². The fourth-order valence-electron chi connectivity index (χ4n) is 3.43. The number of aromatic nitrogens is 2. The van der Waals surface area contributed by atoms with Gasteiger partial charge in [-0.05, 0) is 38.1 Å². The Morgan fingerprint density at radius 2 is 1.69 bits per heavy atom. The minimum Gasteiger partial charge on any atom is -0.364 e. The van der Waals surface area contributed by atoms with Crippen LogP contribution in [-0.2, 0) is 6.54 Å². The zero-order valence-corrected chi connectivity index (χ0v) is 18.7. The first-order chi connectivity index (χ1) is 12.8. The van der Waals surface area contributed by atoms with Crippen LogP contribution in [0.3, 0.4) is 0 Å². The van der Waals surface area contributed by atoms with Crippen molar-refractivity contribution in [3.05, 3.63) is 45.8 Å². The summed E-state index contributed by atoms with van der Waals surface area (Å²) in [5.41, 5.74) is 2.17. The van der Waals surface area contributed by atoms with E-state index in [9.17, 15) is 13.6 Å². The minimum absolute atomic E-state index is 0. The second-order valence-corrected chi connectivity index (χ2v) is 7.62. The molecule has 9 heteroatoms. The molecule has 0 bridgehead atoms. The third kappa shape index (κ3) is 5.47. The molecule has 162 valence electrons. The van der Waals surface area contributed by atoms with E-state index < -0.39 is 11.6 Å². The van der Waals surface area contributed by atoms with Crippen LogP contribution in [-0.4, -0.2) is 47.9 Å². The number of hydrogen-bond acceptors (Lipinski definition) is 4. The molecule has 3 rings (SSSR count). The topological polar surface area (TPSA) is 41.4 Å². The number of benzene rings is 1. The zero-order valence-electron chi connectivity index (χ0n) is 17.1. The highest BCUT2D eigenvalue weighted by Gasteiger charge is 2.24. The van der Waals surface area contributed by atoms with Crippen molar-refractivity contribution in [1.82, 2.24) is 14.7 Å². The van der Waals surface area contributed by atoms with Crippen LogP contribution in [0.25, 0.3) is 11.3 Å². The average molecular weight is 449 g/mol. The quantitative estimate of drug-likeness (QED) is 0.713. The average Bonchev–Trinajstić information content (AvgIpc) is 2.61. The molecule has 0 atom stereocenters. The Balaban J connectivity index is 0.00000210. The zero-order chi connectivity index (χ0) is 19.7. The molecule has 1 aromatic heterocycles. The number of piperazine rings is 1. The van der Waals surface area contributed by atoms with Gasteiger partial charge in [0.2, 0.25) is 0 Å². The number of likely N-dealkylation sites (N-methyl/N-ethyl adjacent to an activating group) is 1. The summed E-state index contributed by atoms with van der Waals surface area (Å²) < 4.78 is 28.6. The first-order valence-corrected chi connectivity index (χ1v) is 9.28. The summed E-state index contributed by atoms with van der Waals surface area (Å²) >= 11 is 0. The van der Waals surface area contributed by atoms with Crippen molar-refractivity contribution in [2.45, 2.75) is 27.3 Å². The summed E-state index contributed by atoms with van der Waals surface area (Å²) in [6, 6.07) is 3.74. The maximum Gasteiger partial charge on any atom is 0.290 e. The lowest BCUT2D eigenvalue weighted by Gasteiger charge is -2.34. The van der Waals surface area contributed by atoms with Crippen molar-refractivity contribution in [2.24, 2.45) is 5.92 Å². The fraction of sp³-hybridized carbons (Fsp3) is 0.500. The van der Waals surface area contributed by atoms with E-state index in [2.05, 4.69) is 21.9 Å². The third-order valence-electron chi connectivity index (χ3n) is 4.92. The van der Waals surface area contributed by atoms with Crippen LogP contribution in [0, 0.1) is 24.5 Å². The van der Waals surface area contributed by atoms with Crippen molar-refractivity contribution >= 4 is 30.5 Å². The molecule has 5 nitrogen and oxygen atoms in total. The van der Waals surface area contributed by atoms with Gasteiger partial charge < -0.3 is 9.80 Å². The van der Waals surface area contributed by atoms with Crippen LogP contribution >= 0.6 is 24.8 Å². The summed E-state index contributed by atoms with van der Waals surface area (Å²) in [5, 5.41) is 4.50. The van der Waals surface area contributed by atoms with E-state index in [1.807, 2.05) is 20.8 Å². The van der Waals surface area contributed by atoms with E-state index in [1.54, 1.807) is 0 Å². The maximum atomic E-state index is 13.8. The van der Waals surface area contributed by atoms with Gasteiger partial charge in [-0.15, -0.1) is 24.8 Å². The van der Waals surface area contributed by atoms with Gasteiger partial charge in [0, 0.05) is 43.9 Å². The first kappa shape index (κ1) is 25.3. The van der Waals surface area contributed by atoms with E-state index in [-0.39, 0.29) is 36.3 Å². The highest BCUT2D eigenvalue weighted by atomic mass is 35.5. The summed E-state index contributed by atoms with van der Waals surface area (Å²) in [7, 11) is 2.06. The molecule has 1 aromatic carbocycles. The lowest BCUT2D eigenvalue weighted by molar-refractivity contribution is 0.312. The summed E-state index contributed by atoms with van der Waals surface area (Å²) in [6.07, 6.45) is 0. The molecule has 1 aliphatic heterocycles. The van der Waals surface area contributed by atoms with Gasteiger partial charge in [0.1, 0.15) is 5.69 Å². The van der Waals surface area contributed by atoms with E-state index in [1.165, 1.54) is 10.7 Å². The van der Waals surface area contributed by atoms with Gasteiger partial charge in [0.15, 0.2) is 11.6 Å². The van der Waals surface area contributed by atoms with Gasteiger partial charge >= 0.3 is 0 Å². The van der Waals surface area contributed by atoms with Gasteiger partial charge in [-0.2, -0.15) is 5.10 Å². The molecule has 2 heterocycles. The van der Waals surface area contributed by atoms with Crippen LogP contribution in [0.4, 0.5) is 14.5 Å². The molecule has 0 amide bonds. The van der Waals surface area contributed by atoms with Crippen LogP contribution in [0.2, 0.25) is 0 Å². The molecule has 1 fully saturated rings. The van der Waals surface area contributed by atoms with Crippen molar-refractivity contribution in [1.29, 1.82) is 0 Å². The molecule has 1 aliphatic rings. The molecule has 29 heavy (non-hydrogen) atoms. The molecule has 2 aromatic rings. The monoisotopic (exact) mass is 448 g/mol. The molecule has 0 aliphatic carbocycles. The second kappa shape index (κ2) is 10.4. The molecule has 0 spiro atoms. The highest BCUT2D eigenvalue weighted by molar-refractivity contribution is 5.85. The normalized spacial score (nSPS) is 14.5. The predicted octanol–water partition coefficient (Wildman–Crippen LogP) is 3.75. The van der Waals surface area contributed by atoms with Crippen molar-refractivity contribution < 1.29 is 8.78 Å². The number of halogens is 4. The number of hydrogen-bond donors (Lipinski definition) is 0. The van der Waals surface area contributed by atoms with Crippen LogP contribution in [0.5, 0.6) is 0 Å². The molecule has 1 saturated heterocycles. The smallest absolute Gasteiger partial charge is 0.290 e. The first-order valence-electron chi connectivity index (χ1n) is 9.28. The van der Waals surface area contributed by atoms with Gasteiger partial charge in [0.05, 0.1) is 5.69 Å². The number of rotatable bonds is 4. The van der Waals surface area contributed by atoms with E-state index >= 15 is 0 Å². The predicted molar refractivity (Wildman–Crippen MR) is 118 cm³/mol. The second-order valence-electron chi connectivity index (χ2n) is 7.62. The Hall–Kier alpha value is -1.70. The summed E-state index contributed by atoms with van der Waals surface area (Å²) in [5.74, 6) is -1.58. The van der Waals surface area contributed by atoms with Crippen LogP contribution in [0.15, 0.2) is 23.0 Å². The molecular weight excluding hydrogens is 421 g/mol. The summed E-state index contributed by atoms with van der Waals surface area (Å²) in [4.78, 5) is 17.4. The standard InChI is InChI=1S/C20H26F2N4O.2ClH/c1-13(2)12-26-20(27)19(25-9-7-24(4)8-10-25)14(3)18(23-26)15-5-6-16(21)17(22)11-15;;/h5-6,11,13H,7-10,12H2,1-4H3;2*1H. The van der Waals surface area contributed by atoms with Crippen LogP contribution in [0.1, 0.15) is 19.4 Å². The lowest BCUT2D eigenvalue weighted by Crippen LogP contribution is -2.47. The van der Waals surface area contributed by atoms with E-state index in [0.29, 0.717) is 29.1 Å². The SMILES string of the molecule is Cc1c(-c2ccc(F)c(F)c2)nn(CC(C)C)c(=O)c1N1CCN(C)CC1.Cl.Cl. The number of nitrogens with zero attached hydrogens (tertiary/aromatic N) is 4. The third-order valence-corrected chi connectivity index (χ3v) is 4.92. The largest absolute Gasteiger partial charge is 0.364 e. The van der Waals surface area contributed by atoms with Gasteiger partial charge in [-0.3, -0.25) is 4.79 Å². The summed E-state index contributed by atoms with van der Waals surface area (Å²) in [6.45, 7) is 9.55. The van der Waals surface area contributed by atoms with Crippen molar-refractivity contribution in [2.75, 3.05) is 38.1 Å². The minimum atomic E-state index is -0.920. The molecule has 0 N–H and O–H groups in total. The Morgan fingerprint density at radius 1 is 1.07 bits per heavy atom. The highest BCUT2D eigenvalue weighted by Crippen LogP contribution is 2.28. The van der Waals surface area contributed by atoms with Crippen molar-refractivity contribution in [3.63, 3.8) is 0 Å². The number of anilines is 1. The fourth-order valence-corrected chi connectivity index (χ4v) is 3.43. The van der Waals surface area contributed by atoms with Gasteiger partial charge in [0.25, 0.3) is 5.56 Å².